The molecule has 1 heterocycles. The molecule has 2 rings (SSSR count). The molecule has 0 aliphatic carbocycles. The van der Waals surface area contributed by atoms with Crippen molar-refractivity contribution >= 4 is 12.0 Å². The van der Waals surface area contributed by atoms with Crippen LogP contribution >= 0.6 is 0 Å². The van der Waals surface area contributed by atoms with Gasteiger partial charge in [-0.25, -0.2) is 9.59 Å². The second kappa shape index (κ2) is 7.12. The van der Waals surface area contributed by atoms with Gasteiger partial charge in [0.05, 0.1) is 11.1 Å². The van der Waals surface area contributed by atoms with Crippen molar-refractivity contribution in [1.29, 1.82) is 0 Å². The number of rotatable bonds is 5. The number of carbonyl (C=O) groups is 2. The number of nitrogens with zero attached hydrogens (tertiary/aromatic N) is 1. The topological polar surface area (TPSA) is 91.3 Å². The highest BCUT2D eigenvalue weighted by molar-refractivity contribution is 5.87. The maximum absolute atomic E-state index is 12.1. The molecule has 0 unspecified atom stereocenters. The SMILES string of the molecule is Cc1ccc(C(C)(C)NC(=O)NCc2ccc(C(=O)O)cc2)cn1. The van der Waals surface area contributed by atoms with Gasteiger partial charge in [-0.2, -0.15) is 0 Å². The Balaban J connectivity index is 1.92. The van der Waals surface area contributed by atoms with E-state index in [2.05, 4.69) is 15.6 Å². The molecule has 6 heteroatoms. The molecule has 1 aromatic heterocycles. The van der Waals surface area contributed by atoms with Gasteiger partial charge in [0.2, 0.25) is 0 Å². The van der Waals surface area contributed by atoms with Crippen molar-refractivity contribution in [3.8, 4) is 0 Å². The van der Waals surface area contributed by atoms with Gasteiger partial charge in [0.15, 0.2) is 0 Å². The van der Waals surface area contributed by atoms with Crippen LogP contribution in [0.5, 0.6) is 0 Å². The van der Waals surface area contributed by atoms with Crippen LogP contribution in [0.1, 0.15) is 41.0 Å². The van der Waals surface area contributed by atoms with E-state index >= 15 is 0 Å². The van der Waals surface area contributed by atoms with Crippen molar-refractivity contribution in [2.24, 2.45) is 0 Å². The Morgan fingerprint density at radius 3 is 2.33 bits per heavy atom. The number of aromatic carboxylic acids is 1. The van der Waals surface area contributed by atoms with E-state index in [-0.39, 0.29) is 11.6 Å². The molecule has 126 valence electrons. The molecular formula is C18H21N3O3. The minimum absolute atomic E-state index is 0.219. The molecule has 0 radical (unpaired) electrons. The number of carboxylic acids is 1. The molecule has 0 aliphatic rings. The predicted octanol–water partition coefficient (Wildman–Crippen LogP) is 2.82. The zero-order valence-electron chi connectivity index (χ0n) is 14.0. The maximum Gasteiger partial charge on any atom is 0.335 e. The molecule has 0 saturated heterocycles. The number of nitrogens with one attached hydrogen (secondary N) is 2. The highest BCUT2D eigenvalue weighted by atomic mass is 16.4. The summed E-state index contributed by atoms with van der Waals surface area (Å²) in [5, 5.41) is 14.5. The van der Waals surface area contributed by atoms with Gasteiger partial charge < -0.3 is 15.7 Å². The third-order valence-corrected chi connectivity index (χ3v) is 3.71. The van der Waals surface area contributed by atoms with Gasteiger partial charge in [-0.3, -0.25) is 4.98 Å². The lowest BCUT2D eigenvalue weighted by Crippen LogP contribution is -2.46. The van der Waals surface area contributed by atoms with Crippen LogP contribution in [0.15, 0.2) is 42.6 Å². The minimum atomic E-state index is -0.972. The molecule has 2 aromatic rings. The van der Waals surface area contributed by atoms with Crippen molar-refractivity contribution in [2.75, 3.05) is 0 Å². The van der Waals surface area contributed by atoms with Crippen LogP contribution in [0, 0.1) is 6.92 Å². The van der Waals surface area contributed by atoms with Crippen LogP contribution in [-0.2, 0) is 12.1 Å². The fourth-order valence-electron chi connectivity index (χ4n) is 2.19. The summed E-state index contributed by atoms with van der Waals surface area (Å²) < 4.78 is 0. The molecule has 0 spiro atoms. The Hall–Kier alpha value is -2.89. The Morgan fingerprint density at radius 2 is 1.79 bits per heavy atom. The van der Waals surface area contributed by atoms with Crippen molar-refractivity contribution in [2.45, 2.75) is 32.9 Å². The lowest BCUT2D eigenvalue weighted by atomic mass is 9.96. The Morgan fingerprint density at radius 1 is 1.12 bits per heavy atom. The average molecular weight is 327 g/mol. The minimum Gasteiger partial charge on any atom is -0.478 e. The van der Waals surface area contributed by atoms with Crippen LogP contribution < -0.4 is 10.6 Å². The van der Waals surface area contributed by atoms with Gasteiger partial charge >= 0.3 is 12.0 Å². The van der Waals surface area contributed by atoms with Crippen LogP contribution in [0.4, 0.5) is 4.79 Å². The van der Waals surface area contributed by atoms with E-state index in [1.807, 2.05) is 32.9 Å². The number of carbonyl (C=O) groups excluding carboxylic acids is 1. The van der Waals surface area contributed by atoms with Crippen molar-refractivity contribution in [3.05, 3.63) is 65.0 Å². The Kier molecular flexibility index (Phi) is 5.18. The van der Waals surface area contributed by atoms with Crippen LogP contribution in [0.2, 0.25) is 0 Å². The normalized spacial score (nSPS) is 11.0. The molecule has 6 nitrogen and oxygen atoms in total. The van der Waals surface area contributed by atoms with E-state index in [0.29, 0.717) is 6.54 Å². The third kappa shape index (κ3) is 4.55. The number of aromatic nitrogens is 1. The van der Waals surface area contributed by atoms with Crippen molar-refractivity contribution in [1.82, 2.24) is 15.6 Å². The number of benzene rings is 1. The number of carboxylic acid groups (broad SMARTS) is 1. The largest absolute Gasteiger partial charge is 0.478 e. The Bertz CT molecular complexity index is 722. The van der Waals surface area contributed by atoms with E-state index < -0.39 is 11.5 Å². The third-order valence-electron chi connectivity index (χ3n) is 3.71. The van der Waals surface area contributed by atoms with E-state index in [4.69, 9.17) is 5.11 Å². The van der Waals surface area contributed by atoms with Gasteiger partial charge in [-0.05, 0) is 50.1 Å². The zero-order chi connectivity index (χ0) is 17.7. The number of urea groups is 1. The molecule has 1 aromatic carbocycles. The number of hydrogen-bond donors (Lipinski definition) is 3. The standard InChI is InChI=1S/C18H21N3O3/c1-12-4-9-15(11-19-12)18(2,3)21-17(24)20-10-13-5-7-14(8-6-13)16(22)23/h4-9,11H,10H2,1-3H3,(H,22,23)(H2,20,21,24). The van der Waals surface area contributed by atoms with E-state index in [1.165, 1.54) is 12.1 Å². The van der Waals surface area contributed by atoms with E-state index in [1.54, 1.807) is 18.3 Å². The highest BCUT2D eigenvalue weighted by Gasteiger charge is 2.23. The first-order chi connectivity index (χ1) is 11.3. The summed E-state index contributed by atoms with van der Waals surface area (Å²) >= 11 is 0. The van der Waals surface area contributed by atoms with Gasteiger partial charge in [0.1, 0.15) is 0 Å². The summed E-state index contributed by atoms with van der Waals surface area (Å²) in [6.07, 6.45) is 1.75. The smallest absolute Gasteiger partial charge is 0.335 e. The van der Waals surface area contributed by atoms with Gasteiger partial charge in [-0.1, -0.05) is 18.2 Å². The number of hydrogen-bond acceptors (Lipinski definition) is 3. The summed E-state index contributed by atoms with van der Waals surface area (Å²) in [5.41, 5.74) is 2.32. The van der Waals surface area contributed by atoms with Gasteiger partial charge in [-0.15, -0.1) is 0 Å². The van der Waals surface area contributed by atoms with Gasteiger partial charge in [0.25, 0.3) is 0 Å². The van der Waals surface area contributed by atoms with Gasteiger partial charge in [0, 0.05) is 18.4 Å². The fourth-order valence-corrected chi connectivity index (χ4v) is 2.19. The van der Waals surface area contributed by atoms with Crippen LogP contribution in [-0.4, -0.2) is 22.1 Å². The van der Waals surface area contributed by atoms with Crippen LogP contribution in [0.25, 0.3) is 0 Å². The second-order valence-electron chi connectivity index (χ2n) is 6.12. The van der Waals surface area contributed by atoms with Crippen molar-refractivity contribution < 1.29 is 14.7 Å². The summed E-state index contributed by atoms with van der Waals surface area (Å²) in [6, 6.07) is 9.92. The molecule has 3 N–H and O–H groups in total. The molecule has 24 heavy (non-hydrogen) atoms. The second-order valence-corrected chi connectivity index (χ2v) is 6.12. The number of amides is 2. The summed E-state index contributed by atoms with van der Waals surface area (Å²) in [5.74, 6) is -0.972. The molecule has 2 amide bonds. The molecule has 0 aliphatic heterocycles. The van der Waals surface area contributed by atoms with Crippen molar-refractivity contribution in [3.63, 3.8) is 0 Å². The van der Waals surface area contributed by atoms with Crippen LogP contribution in [0.3, 0.4) is 0 Å². The highest BCUT2D eigenvalue weighted by Crippen LogP contribution is 2.19. The molecule has 0 atom stereocenters. The molecule has 0 bridgehead atoms. The van der Waals surface area contributed by atoms with E-state index in [9.17, 15) is 9.59 Å². The molecular weight excluding hydrogens is 306 g/mol. The quantitative estimate of drug-likeness (QED) is 0.787. The predicted molar refractivity (Wildman–Crippen MR) is 90.8 cm³/mol. The summed E-state index contributed by atoms with van der Waals surface area (Å²) in [4.78, 5) is 27.2. The summed E-state index contributed by atoms with van der Waals surface area (Å²) in [7, 11) is 0. The monoisotopic (exact) mass is 327 g/mol. The average Bonchev–Trinajstić information content (AvgIpc) is 2.53. The first kappa shape index (κ1) is 17.5. The zero-order valence-corrected chi connectivity index (χ0v) is 14.0. The first-order valence-corrected chi connectivity index (χ1v) is 7.59. The lowest BCUT2D eigenvalue weighted by molar-refractivity contribution is 0.0697. The fraction of sp³-hybridized carbons (Fsp3) is 0.278. The number of aryl methyl sites for hydroxylation is 1. The Labute approximate surface area is 140 Å². The lowest BCUT2D eigenvalue weighted by Gasteiger charge is -2.26. The maximum atomic E-state index is 12.1. The summed E-state index contributed by atoms with van der Waals surface area (Å²) in [6.45, 7) is 6.03. The first-order valence-electron chi connectivity index (χ1n) is 7.59. The number of pyridine rings is 1. The van der Waals surface area contributed by atoms with E-state index in [0.717, 1.165) is 16.8 Å². The molecule has 0 saturated carbocycles. The molecule has 0 fully saturated rings.